The summed E-state index contributed by atoms with van der Waals surface area (Å²) in [6, 6.07) is 1.58. The van der Waals surface area contributed by atoms with E-state index in [1.165, 1.54) is 30.2 Å². The van der Waals surface area contributed by atoms with Gasteiger partial charge < -0.3 is 14.8 Å². The van der Waals surface area contributed by atoms with Crippen molar-refractivity contribution in [3.63, 3.8) is 0 Å². The van der Waals surface area contributed by atoms with Gasteiger partial charge in [-0.25, -0.2) is 13.1 Å². The SMILES string of the molecule is O=C([N-]S(=O)(=O)c1cnn2c1OCC(N1CCCC1)C2)Nc1c2c(cc3c1CCC3)CCC2.[Na+]. The first-order chi connectivity index (χ1) is 16.0. The fraction of sp³-hybridized carbons (Fsp3) is 0.565. The Morgan fingerprint density at radius 2 is 1.74 bits per heavy atom. The number of urea groups is 1. The Balaban J connectivity index is 0.00000241. The Hall–Kier alpha value is -1.59. The normalized spacial score (nSPS) is 21.2. The van der Waals surface area contributed by atoms with E-state index in [0.717, 1.165) is 68.4 Å². The number of hydrogen-bond donors (Lipinski definition) is 1. The smallest absolute Gasteiger partial charge is 0.475 e. The van der Waals surface area contributed by atoms with Gasteiger partial charge in [0.2, 0.25) is 15.9 Å². The molecule has 2 amide bonds. The van der Waals surface area contributed by atoms with E-state index in [2.05, 4.69) is 26.1 Å². The van der Waals surface area contributed by atoms with Crippen molar-refractivity contribution in [2.45, 2.75) is 68.8 Å². The molecule has 0 radical (unpaired) electrons. The molecule has 0 bridgehead atoms. The fourth-order valence-electron chi connectivity index (χ4n) is 5.82. The number of nitrogens with zero attached hydrogens (tertiary/aromatic N) is 4. The van der Waals surface area contributed by atoms with Crippen molar-refractivity contribution in [1.29, 1.82) is 0 Å². The molecule has 1 atom stereocenters. The summed E-state index contributed by atoms with van der Waals surface area (Å²) in [6.07, 6.45) is 9.48. The van der Waals surface area contributed by atoms with E-state index in [1.54, 1.807) is 4.68 Å². The number of rotatable bonds is 4. The number of amides is 2. The average molecular weight is 494 g/mol. The van der Waals surface area contributed by atoms with Crippen molar-refractivity contribution in [2.75, 3.05) is 25.0 Å². The molecule has 34 heavy (non-hydrogen) atoms. The summed E-state index contributed by atoms with van der Waals surface area (Å²) in [5, 5.41) is 7.05. The molecule has 1 fully saturated rings. The topological polar surface area (TPSA) is 108 Å². The minimum Gasteiger partial charge on any atom is -0.475 e. The van der Waals surface area contributed by atoms with E-state index in [1.807, 2.05) is 0 Å². The van der Waals surface area contributed by atoms with Crippen LogP contribution in [0, 0.1) is 0 Å². The molecule has 4 aliphatic rings. The van der Waals surface area contributed by atoms with E-state index >= 15 is 0 Å². The zero-order chi connectivity index (χ0) is 22.6. The van der Waals surface area contributed by atoms with Crippen molar-refractivity contribution in [1.82, 2.24) is 14.7 Å². The van der Waals surface area contributed by atoms with E-state index in [9.17, 15) is 13.2 Å². The van der Waals surface area contributed by atoms with Gasteiger partial charge in [-0.1, -0.05) is 6.07 Å². The number of anilines is 1. The van der Waals surface area contributed by atoms with Gasteiger partial charge in [-0.3, -0.25) is 9.69 Å². The maximum Gasteiger partial charge on any atom is 1.00 e. The van der Waals surface area contributed by atoms with Crippen molar-refractivity contribution in [3.05, 3.63) is 39.2 Å². The number of sulfonamides is 1. The molecule has 2 aliphatic heterocycles. The monoisotopic (exact) mass is 493 g/mol. The zero-order valence-electron chi connectivity index (χ0n) is 19.5. The number of hydrogen-bond acceptors (Lipinski definition) is 6. The van der Waals surface area contributed by atoms with Crippen LogP contribution >= 0.6 is 0 Å². The first kappa shape index (κ1) is 24.1. The van der Waals surface area contributed by atoms with Crippen molar-refractivity contribution >= 4 is 21.7 Å². The summed E-state index contributed by atoms with van der Waals surface area (Å²) in [6.45, 7) is 3.03. The van der Waals surface area contributed by atoms with Crippen molar-refractivity contribution in [3.8, 4) is 5.88 Å². The molecule has 3 heterocycles. The third kappa shape index (κ3) is 4.28. The number of ether oxygens (including phenoxy) is 1. The molecular formula is C23H28N5NaO4S. The van der Waals surface area contributed by atoms with Gasteiger partial charge in [0.1, 0.15) is 6.61 Å². The number of fused-ring (bicyclic) bond motifs is 3. The quantitative estimate of drug-likeness (QED) is 0.602. The number of carbonyl (C=O) groups is 1. The van der Waals surface area contributed by atoms with Gasteiger partial charge in [0.15, 0.2) is 10.9 Å². The van der Waals surface area contributed by atoms with E-state index < -0.39 is 16.1 Å². The minimum atomic E-state index is -4.25. The zero-order valence-corrected chi connectivity index (χ0v) is 22.4. The van der Waals surface area contributed by atoms with Crippen LogP contribution in [0.5, 0.6) is 5.88 Å². The molecule has 1 N–H and O–H groups in total. The van der Waals surface area contributed by atoms with Gasteiger partial charge in [0, 0.05) is 0 Å². The maximum absolute atomic E-state index is 13.0. The van der Waals surface area contributed by atoms with Gasteiger partial charge in [0.05, 0.1) is 18.8 Å². The Labute approximate surface area is 221 Å². The van der Waals surface area contributed by atoms with Crippen LogP contribution in [0.25, 0.3) is 4.72 Å². The maximum atomic E-state index is 13.0. The second-order valence-corrected chi connectivity index (χ2v) is 11.0. The van der Waals surface area contributed by atoms with Crippen LogP contribution in [0.1, 0.15) is 47.9 Å². The first-order valence-corrected chi connectivity index (χ1v) is 13.3. The molecule has 9 nitrogen and oxygen atoms in total. The number of aryl methyl sites for hydroxylation is 2. The summed E-state index contributed by atoms with van der Waals surface area (Å²) in [5.41, 5.74) is 5.58. The largest absolute Gasteiger partial charge is 1.00 e. The molecule has 6 rings (SSSR count). The van der Waals surface area contributed by atoms with Gasteiger partial charge in [0.25, 0.3) is 0 Å². The summed E-state index contributed by atoms with van der Waals surface area (Å²) in [7, 11) is -4.25. The molecule has 1 aromatic carbocycles. The Bertz CT molecular complexity index is 1190. The van der Waals surface area contributed by atoms with Crippen LogP contribution in [0.3, 0.4) is 0 Å². The second kappa shape index (κ2) is 9.46. The molecule has 1 unspecified atom stereocenters. The molecular weight excluding hydrogens is 465 g/mol. The average Bonchev–Trinajstić information content (AvgIpc) is 3.59. The van der Waals surface area contributed by atoms with Gasteiger partial charge in [-0.15, -0.1) is 0 Å². The van der Waals surface area contributed by atoms with Gasteiger partial charge >= 0.3 is 29.6 Å². The Kier molecular flexibility index (Phi) is 6.71. The molecule has 176 valence electrons. The summed E-state index contributed by atoms with van der Waals surface area (Å²) in [4.78, 5) is 15.0. The molecule has 1 aromatic heterocycles. The van der Waals surface area contributed by atoms with Gasteiger partial charge in [-0.05, 0) is 92.4 Å². The third-order valence-corrected chi connectivity index (χ3v) is 8.64. The number of aromatic nitrogens is 2. The van der Waals surface area contributed by atoms with Gasteiger partial charge in [-0.2, -0.15) is 5.10 Å². The van der Waals surface area contributed by atoms with Crippen LogP contribution in [0.2, 0.25) is 0 Å². The number of likely N-dealkylation sites (tertiary alicyclic amines) is 1. The third-order valence-electron chi connectivity index (χ3n) is 7.40. The van der Waals surface area contributed by atoms with Crippen LogP contribution < -0.4 is 39.6 Å². The molecule has 0 saturated carbocycles. The predicted octanol–water partition coefficient (Wildman–Crippen LogP) is 0.0158. The Morgan fingerprint density at radius 1 is 1.06 bits per heavy atom. The molecule has 11 heteroatoms. The van der Waals surface area contributed by atoms with Crippen LogP contribution in [-0.2, 0) is 42.3 Å². The van der Waals surface area contributed by atoms with E-state index in [0.29, 0.717) is 13.2 Å². The predicted molar refractivity (Wildman–Crippen MR) is 122 cm³/mol. The van der Waals surface area contributed by atoms with Crippen LogP contribution in [-0.4, -0.2) is 54.9 Å². The summed E-state index contributed by atoms with van der Waals surface area (Å²) in [5.74, 6) is 0.170. The number of carbonyl (C=O) groups excluding carboxylic acids is 1. The van der Waals surface area contributed by atoms with Crippen molar-refractivity contribution in [2.24, 2.45) is 0 Å². The number of benzene rings is 1. The van der Waals surface area contributed by atoms with E-state index in [4.69, 9.17) is 4.74 Å². The molecule has 0 spiro atoms. The standard InChI is InChI=1S/C23H29N5O4S.Na/c29-23(25-21-18-7-3-5-15(18)11-16-6-4-8-19(16)21)26-33(30,31)20-12-24-28-13-17(14-32-22(20)28)27-9-1-2-10-27;/h11-12,17H,1-10,13-14H2,(H2,25,26,29);/q;+1/p-1. The molecule has 2 aromatic rings. The van der Waals surface area contributed by atoms with Crippen LogP contribution in [0.15, 0.2) is 17.2 Å². The minimum absolute atomic E-state index is 0. The Morgan fingerprint density at radius 3 is 2.41 bits per heavy atom. The van der Waals surface area contributed by atoms with Crippen molar-refractivity contribution < 1.29 is 47.5 Å². The fourth-order valence-corrected chi connectivity index (χ4v) is 6.75. The number of nitrogens with one attached hydrogen (secondary N) is 1. The summed E-state index contributed by atoms with van der Waals surface area (Å²) < 4.78 is 37.0. The first-order valence-electron chi connectivity index (χ1n) is 11.9. The van der Waals surface area contributed by atoms with Crippen LogP contribution in [0.4, 0.5) is 10.5 Å². The second-order valence-electron chi connectivity index (χ2n) is 9.43. The van der Waals surface area contributed by atoms with E-state index in [-0.39, 0.29) is 46.4 Å². The summed E-state index contributed by atoms with van der Waals surface area (Å²) >= 11 is 0. The molecule has 1 saturated heterocycles. The molecule has 2 aliphatic carbocycles.